The van der Waals surface area contributed by atoms with Gasteiger partial charge in [-0.3, -0.25) is 9.10 Å². The monoisotopic (exact) mass is 428 g/mol. The molecule has 0 saturated heterocycles. The van der Waals surface area contributed by atoms with Crippen molar-refractivity contribution in [1.82, 2.24) is 0 Å². The molecule has 29 heavy (non-hydrogen) atoms. The number of carbonyl (C=O) groups is 1. The van der Waals surface area contributed by atoms with E-state index in [4.69, 9.17) is 0 Å². The largest absolute Gasteiger partial charge is 0.308 e. The van der Waals surface area contributed by atoms with Crippen molar-refractivity contribution in [2.24, 2.45) is 0 Å². The third-order valence-corrected chi connectivity index (χ3v) is 7.17. The van der Waals surface area contributed by atoms with Crippen molar-refractivity contribution in [2.75, 3.05) is 34.8 Å². The van der Waals surface area contributed by atoms with Crippen LogP contribution in [0, 0.1) is 0 Å². The van der Waals surface area contributed by atoms with E-state index in [0.29, 0.717) is 17.8 Å². The Morgan fingerprint density at radius 1 is 1.28 bits per heavy atom. The Morgan fingerprint density at radius 3 is 2.83 bits per heavy atom. The predicted molar refractivity (Wildman–Crippen MR) is 126 cm³/mol. The van der Waals surface area contributed by atoms with Crippen LogP contribution in [0.25, 0.3) is 0 Å². The number of rotatable bonds is 9. The Bertz CT molecular complexity index is 914. The summed E-state index contributed by atoms with van der Waals surface area (Å²) in [7, 11) is 0.559. The third kappa shape index (κ3) is 5.11. The summed E-state index contributed by atoms with van der Waals surface area (Å²) in [5.74, 6) is 1.06. The van der Waals surface area contributed by atoms with E-state index >= 15 is 0 Å². The van der Waals surface area contributed by atoms with E-state index in [1.807, 2.05) is 47.0 Å². The van der Waals surface area contributed by atoms with Crippen molar-refractivity contribution < 1.29 is 9.00 Å². The van der Waals surface area contributed by atoms with E-state index in [1.165, 1.54) is 23.3 Å². The number of thioether (sulfide) groups is 1. The van der Waals surface area contributed by atoms with Gasteiger partial charge in [0.1, 0.15) is 11.0 Å². The topological polar surface area (TPSA) is 40.6 Å². The Hall–Kier alpha value is -2.05. The zero-order valence-corrected chi connectivity index (χ0v) is 18.7. The van der Waals surface area contributed by atoms with Crippen LogP contribution in [0.4, 0.5) is 11.4 Å². The highest BCUT2D eigenvalue weighted by molar-refractivity contribution is 7.99. The first-order valence-corrected chi connectivity index (χ1v) is 12.4. The standard InChI is InChI=1S/C23H28N2O2S2/c1-4-5-6-9-16-28-19-12-13-21-18(17-19)14-15-25(21)23(26)20-10-7-8-11-22(20)24(2)29(3)27/h4,7-8,10-13,17H,1,5-6,9,14-16H2,2-3H3. The maximum absolute atomic E-state index is 13.3. The van der Waals surface area contributed by atoms with Crippen molar-refractivity contribution in [2.45, 2.75) is 30.6 Å². The summed E-state index contributed by atoms with van der Waals surface area (Å²) >= 11 is 1.87. The van der Waals surface area contributed by atoms with Gasteiger partial charge in [0.15, 0.2) is 0 Å². The summed E-state index contributed by atoms with van der Waals surface area (Å²) in [6, 6.07) is 13.8. The highest BCUT2D eigenvalue weighted by Crippen LogP contribution is 2.34. The zero-order valence-electron chi connectivity index (χ0n) is 17.1. The van der Waals surface area contributed by atoms with Crippen LogP contribution in [0.1, 0.15) is 35.2 Å². The van der Waals surface area contributed by atoms with Crippen LogP contribution in [0.3, 0.4) is 0 Å². The van der Waals surface area contributed by atoms with E-state index in [1.54, 1.807) is 17.6 Å². The molecule has 0 spiro atoms. The molecule has 1 atom stereocenters. The van der Waals surface area contributed by atoms with E-state index in [2.05, 4.69) is 24.8 Å². The van der Waals surface area contributed by atoms with E-state index < -0.39 is 11.0 Å². The van der Waals surface area contributed by atoms with Crippen LogP contribution in [-0.4, -0.2) is 35.7 Å². The Balaban J connectivity index is 1.75. The average Bonchev–Trinajstić information content (AvgIpc) is 3.15. The highest BCUT2D eigenvalue weighted by Gasteiger charge is 2.28. The molecule has 1 unspecified atom stereocenters. The summed E-state index contributed by atoms with van der Waals surface area (Å²) < 4.78 is 13.6. The number of hydrogen-bond donors (Lipinski definition) is 0. The van der Waals surface area contributed by atoms with Gasteiger partial charge in [0.05, 0.1) is 11.3 Å². The molecule has 4 nitrogen and oxygen atoms in total. The molecule has 1 amide bonds. The minimum Gasteiger partial charge on any atom is -0.308 e. The zero-order chi connectivity index (χ0) is 20.8. The van der Waals surface area contributed by atoms with E-state index in [0.717, 1.165) is 24.3 Å². The first-order valence-electron chi connectivity index (χ1n) is 9.87. The Labute approximate surface area is 180 Å². The lowest BCUT2D eigenvalue weighted by atomic mass is 10.1. The normalized spacial score (nSPS) is 13.8. The lowest BCUT2D eigenvalue weighted by molar-refractivity contribution is 0.0990. The van der Waals surface area contributed by atoms with Gasteiger partial charge in [-0.25, -0.2) is 4.21 Å². The van der Waals surface area contributed by atoms with Crippen LogP contribution in [0.2, 0.25) is 0 Å². The molecule has 2 aromatic rings. The number of benzene rings is 2. The minimum atomic E-state index is -1.19. The molecule has 1 heterocycles. The molecule has 0 aromatic heterocycles. The fourth-order valence-electron chi connectivity index (χ4n) is 3.47. The van der Waals surface area contributed by atoms with E-state index in [9.17, 15) is 9.00 Å². The van der Waals surface area contributed by atoms with Crippen molar-refractivity contribution in [1.29, 1.82) is 0 Å². The van der Waals surface area contributed by atoms with Crippen LogP contribution < -0.4 is 9.21 Å². The number of anilines is 2. The summed E-state index contributed by atoms with van der Waals surface area (Å²) in [5.41, 5.74) is 3.48. The second-order valence-electron chi connectivity index (χ2n) is 7.07. The van der Waals surface area contributed by atoms with Crippen molar-refractivity contribution in [3.05, 3.63) is 66.2 Å². The maximum atomic E-state index is 13.3. The lowest BCUT2D eigenvalue weighted by Gasteiger charge is -2.23. The van der Waals surface area contributed by atoms with E-state index in [-0.39, 0.29) is 5.91 Å². The molecular weight excluding hydrogens is 400 g/mol. The van der Waals surface area contributed by atoms with Crippen molar-refractivity contribution in [3.63, 3.8) is 0 Å². The first kappa shape index (κ1) is 21.7. The molecule has 1 aliphatic rings. The molecule has 0 saturated carbocycles. The molecule has 154 valence electrons. The number of nitrogens with zero attached hydrogens (tertiary/aromatic N) is 2. The van der Waals surface area contributed by atoms with Gasteiger partial charge >= 0.3 is 0 Å². The smallest absolute Gasteiger partial charge is 0.260 e. The number of hydrogen-bond acceptors (Lipinski definition) is 3. The van der Waals surface area contributed by atoms with Gasteiger partial charge < -0.3 is 4.90 Å². The van der Waals surface area contributed by atoms with Gasteiger partial charge in [-0.05, 0) is 67.3 Å². The molecule has 2 aromatic carbocycles. The quantitative estimate of drug-likeness (QED) is 0.318. The molecule has 0 aliphatic carbocycles. The first-order chi connectivity index (χ1) is 14.0. The molecular formula is C23H28N2O2S2. The third-order valence-electron chi connectivity index (χ3n) is 5.12. The summed E-state index contributed by atoms with van der Waals surface area (Å²) in [4.78, 5) is 16.4. The maximum Gasteiger partial charge on any atom is 0.260 e. The Kier molecular flexibility index (Phi) is 7.56. The fourth-order valence-corrected chi connectivity index (χ4v) is 4.88. The van der Waals surface area contributed by atoms with Crippen LogP contribution in [0.15, 0.2) is 60.0 Å². The number of amides is 1. The average molecular weight is 429 g/mol. The van der Waals surface area contributed by atoms with Crippen LogP contribution >= 0.6 is 11.8 Å². The SMILES string of the molecule is C=CCCCCSc1ccc2c(c1)CCN2C(=O)c1ccccc1N(C)S(C)=O. The molecule has 6 heteroatoms. The molecule has 0 radical (unpaired) electrons. The Morgan fingerprint density at radius 2 is 2.07 bits per heavy atom. The molecule has 1 aliphatic heterocycles. The van der Waals surface area contributed by atoms with Gasteiger partial charge in [-0.2, -0.15) is 0 Å². The number of carbonyl (C=O) groups excluding carboxylic acids is 1. The number of para-hydroxylation sites is 1. The van der Waals surface area contributed by atoms with Gasteiger partial charge in [-0.15, -0.1) is 18.3 Å². The molecule has 0 bridgehead atoms. The van der Waals surface area contributed by atoms with Gasteiger partial charge in [0, 0.05) is 30.4 Å². The van der Waals surface area contributed by atoms with Crippen LogP contribution in [-0.2, 0) is 17.4 Å². The molecule has 0 fully saturated rings. The number of fused-ring (bicyclic) bond motifs is 1. The molecule has 0 N–H and O–H groups in total. The lowest BCUT2D eigenvalue weighted by Crippen LogP contribution is -2.31. The summed E-state index contributed by atoms with van der Waals surface area (Å²) in [5, 5.41) is 0. The molecule has 3 rings (SSSR count). The summed E-state index contributed by atoms with van der Waals surface area (Å²) in [6.07, 6.45) is 7.89. The number of allylic oxidation sites excluding steroid dienone is 1. The minimum absolute atomic E-state index is 0.0403. The van der Waals surface area contributed by atoms with Crippen molar-refractivity contribution in [3.8, 4) is 0 Å². The highest BCUT2D eigenvalue weighted by atomic mass is 32.2. The fraction of sp³-hybridized carbons (Fsp3) is 0.348. The second-order valence-corrected chi connectivity index (χ2v) is 9.63. The predicted octanol–water partition coefficient (Wildman–Crippen LogP) is 5.07. The summed E-state index contributed by atoms with van der Waals surface area (Å²) in [6.45, 7) is 4.44. The van der Waals surface area contributed by atoms with Crippen LogP contribution in [0.5, 0.6) is 0 Å². The number of unbranched alkanes of at least 4 members (excludes halogenated alkanes) is 2. The van der Waals surface area contributed by atoms with Gasteiger partial charge in [0.25, 0.3) is 5.91 Å². The van der Waals surface area contributed by atoms with Gasteiger partial charge in [-0.1, -0.05) is 18.2 Å². The second kappa shape index (κ2) is 10.1. The van der Waals surface area contributed by atoms with Gasteiger partial charge in [0.2, 0.25) is 0 Å². The van der Waals surface area contributed by atoms with Crippen molar-refractivity contribution >= 4 is 40.0 Å².